The van der Waals surface area contributed by atoms with E-state index in [0.717, 1.165) is 11.4 Å². The van der Waals surface area contributed by atoms with Gasteiger partial charge in [-0.25, -0.2) is 0 Å². The highest BCUT2D eigenvalue weighted by Crippen LogP contribution is 2.29. The Morgan fingerprint density at radius 1 is 1.04 bits per heavy atom. The summed E-state index contributed by atoms with van der Waals surface area (Å²) in [7, 11) is 3.25. The van der Waals surface area contributed by atoms with Gasteiger partial charge < -0.3 is 20.1 Å². The summed E-state index contributed by atoms with van der Waals surface area (Å²) in [5.74, 6) is 1.41. The Morgan fingerprint density at radius 2 is 1.79 bits per heavy atom. The summed E-state index contributed by atoms with van der Waals surface area (Å²) in [4.78, 5) is 0. The zero-order chi connectivity index (χ0) is 17.7. The molecule has 4 nitrogen and oxygen atoms in total. The van der Waals surface area contributed by atoms with Crippen LogP contribution in [0.5, 0.6) is 11.5 Å². The van der Waals surface area contributed by atoms with Crippen molar-refractivity contribution in [3.8, 4) is 11.5 Å². The van der Waals surface area contributed by atoms with Crippen LogP contribution in [0.2, 0.25) is 0 Å². The van der Waals surface area contributed by atoms with Crippen LogP contribution in [0.1, 0.15) is 29.7 Å². The highest BCUT2D eigenvalue weighted by atomic mass is 32.1. The van der Waals surface area contributed by atoms with Crippen LogP contribution in [0.15, 0.2) is 36.4 Å². The second kappa shape index (κ2) is 8.02. The zero-order valence-electron chi connectivity index (χ0n) is 14.8. The fourth-order valence-corrected chi connectivity index (χ4v) is 2.85. The van der Waals surface area contributed by atoms with Crippen LogP contribution in [-0.4, -0.2) is 19.3 Å². The van der Waals surface area contributed by atoms with Crippen molar-refractivity contribution in [2.45, 2.75) is 26.8 Å². The third-order valence-electron chi connectivity index (χ3n) is 3.91. The molecular weight excluding hydrogens is 320 g/mol. The monoisotopic (exact) mass is 344 g/mol. The average molecular weight is 344 g/mol. The number of thiocarbonyl (C=S) groups is 1. The molecule has 0 radical (unpaired) electrons. The van der Waals surface area contributed by atoms with Gasteiger partial charge in [-0.2, -0.15) is 0 Å². The van der Waals surface area contributed by atoms with Gasteiger partial charge in [0.1, 0.15) is 11.5 Å². The fraction of sp³-hybridized carbons (Fsp3) is 0.316. The van der Waals surface area contributed by atoms with Gasteiger partial charge in [-0.3, -0.25) is 0 Å². The highest BCUT2D eigenvalue weighted by Gasteiger charge is 2.12. The predicted molar refractivity (Wildman–Crippen MR) is 103 cm³/mol. The lowest BCUT2D eigenvalue weighted by atomic mass is 10.0. The van der Waals surface area contributed by atoms with Gasteiger partial charge in [-0.15, -0.1) is 0 Å². The molecule has 0 saturated heterocycles. The molecule has 2 aromatic rings. The topological polar surface area (TPSA) is 42.5 Å². The van der Waals surface area contributed by atoms with Crippen molar-refractivity contribution < 1.29 is 9.47 Å². The maximum Gasteiger partial charge on any atom is 0.171 e. The van der Waals surface area contributed by atoms with E-state index >= 15 is 0 Å². The highest BCUT2D eigenvalue weighted by molar-refractivity contribution is 7.80. The second-order valence-corrected chi connectivity index (χ2v) is 6.15. The summed E-state index contributed by atoms with van der Waals surface area (Å²) >= 11 is 5.45. The number of benzene rings is 2. The number of aryl methyl sites for hydroxylation is 2. The summed E-state index contributed by atoms with van der Waals surface area (Å²) in [5.41, 5.74) is 4.51. The third-order valence-corrected chi connectivity index (χ3v) is 4.13. The standard InChI is InChI=1S/C19H24N2O2S/c1-12-6-7-13(2)16(10-12)14(3)20-19(24)21-17-9-8-15(22-4)11-18(17)23-5/h6-11,14H,1-5H3,(H2,20,21,24)/t14-/m0/s1. The number of anilines is 1. The van der Waals surface area contributed by atoms with Gasteiger partial charge in [0.05, 0.1) is 25.9 Å². The molecule has 2 rings (SSSR count). The summed E-state index contributed by atoms with van der Waals surface area (Å²) in [6.45, 7) is 6.30. The molecule has 0 aliphatic rings. The minimum absolute atomic E-state index is 0.106. The van der Waals surface area contributed by atoms with Crippen LogP contribution in [0.3, 0.4) is 0 Å². The number of hydrogen-bond acceptors (Lipinski definition) is 3. The summed E-state index contributed by atoms with van der Waals surface area (Å²) < 4.78 is 10.6. The molecule has 24 heavy (non-hydrogen) atoms. The molecule has 0 bridgehead atoms. The SMILES string of the molecule is COc1ccc(NC(=S)N[C@@H](C)c2cc(C)ccc2C)c(OC)c1. The summed E-state index contributed by atoms with van der Waals surface area (Å²) in [5, 5.41) is 7.06. The number of ether oxygens (including phenoxy) is 2. The minimum Gasteiger partial charge on any atom is -0.497 e. The molecule has 0 fully saturated rings. The molecule has 2 aromatic carbocycles. The lowest BCUT2D eigenvalue weighted by Gasteiger charge is -2.20. The van der Waals surface area contributed by atoms with Crippen molar-refractivity contribution in [2.75, 3.05) is 19.5 Å². The second-order valence-electron chi connectivity index (χ2n) is 5.75. The quantitative estimate of drug-likeness (QED) is 0.789. The van der Waals surface area contributed by atoms with Crippen LogP contribution in [-0.2, 0) is 0 Å². The first-order valence-electron chi connectivity index (χ1n) is 7.81. The van der Waals surface area contributed by atoms with Crippen molar-refractivity contribution in [1.82, 2.24) is 5.32 Å². The molecule has 128 valence electrons. The van der Waals surface area contributed by atoms with Crippen molar-refractivity contribution in [3.05, 3.63) is 53.1 Å². The van der Waals surface area contributed by atoms with Crippen molar-refractivity contribution in [2.24, 2.45) is 0 Å². The first kappa shape index (κ1) is 18.1. The van der Waals surface area contributed by atoms with Gasteiger partial charge in [0.15, 0.2) is 5.11 Å². The van der Waals surface area contributed by atoms with Gasteiger partial charge in [0, 0.05) is 6.07 Å². The van der Waals surface area contributed by atoms with Crippen molar-refractivity contribution >= 4 is 23.0 Å². The van der Waals surface area contributed by atoms with Crippen LogP contribution < -0.4 is 20.1 Å². The first-order valence-corrected chi connectivity index (χ1v) is 8.22. The molecule has 0 heterocycles. The zero-order valence-corrected chi connectivity index (χ0v) is 15.6. The molecule has 0 unspecified atom stereocenters. The van der Waals surface area contributed by atoms with Gasteiger partial charge in [-0.1, -0.05) is 23.8 Å². The van der Waals surface area contributed by atoms with Crippen molar-refractivity contribution in [1.29, 1.82) is 0 Å². The number of nitrogens with one attached hydrogen (secondary N) is 2. The molecule has 0 aliphatic carbocycles. The maximum atomic E-state index is 5.45. The van der Waals surface area contributed by atoms with E-state index in [-0.39, 0.29) is 6.04 Å². The molecule has 0 amide bonds. The Morgan fingerprint density at radius 3 is 2.46 bits per heavy atom. The van der Waals surface area contributed by atoms with E-state index in [1.54, 1.807) is 14.2 Å². The van der Waals surface area contributed by atoms with E-state index < -0.39 is 0 Å². The van der Waals surface area contributed by atoms with Crippen LogP contribution in [0.25, 0.3) is 0 Å². The number of methoxy groups -OCH3 is 2. The van der Waals surface area contributed by atoms with E-state index in [4.69, 9.17) is 21.7 Å². The smallest absolute Gasteiger partial charge is 0.171 e. The molecule has 0 aliphatic heterocycles. The minimum atomic E-state index is 0.106. The molecule has 1 atom stereocenters. The lowest BCUT2D eigenvalue weighted by Crippen LogP contribution is -2.31. The normalized spacial score (nSPS) is 11.5. The molecule has 0 aromatic heterocycles. The fourth-order valence-electron chi connectivity index (χ4n) is 2.56. The Kier molecular flexibility index (Phi) is 6.04. The Bertz CT molecular complexity index is 731. The van der Waals surface area contributed by atoms with E-state index in [2.05, 4.69) is 49.6 Å². The van der Waals surface area contributed by atoms with Gasteiger partial charge in [0.25, 0.3) is 0 Å². The van der Waals surface area contributed by atoms with Crippen LogP contribution in [0, 0.1) is 13.8 Å². The number of hydrogen-bond donors (Lipinski definition) is 2. The first-order chi connectivity index (χ1) is 11.4. The molecule has 0 spiro atoms. The Labute approximate surface area is 149 Å². The largest absolute Gasteiger partial charge is 0.497 e. The van der Waals surface area contributed by atoms with E-state index in [9.17, 15) is 0 Å². The molecule has 2 N–H and O–H groups in total. The molecular formula is C19H24N2O2S. The van der Waals surface area contributed by atoms with E-state index in [1.807, 2.05) is 18.2 Å². The Hall–Kier alpha value is -2.27. The van der Waals surface area contributed by atoms with Crippen molar-refractivity contribution in [3.63, 3.8) is 0 Å². The van der Waals surface area contributed by atoms with Crippen LogP contribution >= 0.6 is 12.2 Å². The van der Waals surface area contributed by atoms with Gasteiger partial charge in [0.2, 0.25) is 0 Å². The molecule has 5 heteroatoms. The summed E-state index contributed by atoms with van der Waals surface area (Å²) in [6, 6.07) is 12.1. The van der Waals surface area contributed by atoms with Gasteiger partial charge in [-0.05, 0) is 56.2 Å². The van der Waals surface area contributed by atoms with E-state index in [0.29, 0.717) is 10.9 Å². The molecule has 0 saturated carbocycles. The van der Waals surface area contributed by atoms with E-state index in [1.165, 1.54) is 16.7 Å². The van der Waals surface area contributed by atoms with Crippen LogP contribution in [0.4, 0.5) is 5.69 Å². The lowest BCUT2D eigenvalue weighted by molar-refractivity contribution is 0.395. The predicted octanol–water partition coefficient (Wildman–Crippen LogP) is 4.37. The van der Waals surface area contributed by atoms with Gasteiger partial charge >= 0.3 is 0 Å². The maximum absolute atomic E-state index is 5.45. The third kappa shape index (κ3) is 4.38. The summed E-state index contributed by atoms with van der Waals surface area (Å²) in [6.07, 6.45) is 0. The average Bonchev–Trinajstić information content (AvgIpc) is 2.57. The number of rotatable bonds is 5. The Balaban J connectivity index is 2.09.